The van der Waals surface area contributed by atoms with Crippen molar-refractivity contribution in [3.05, 3.63) is 69.2 Å². The van der Waals surface area contributed by atoms with Crippen LogP contribution in [0.4, 0.5) is 0 Å². The Morgan fingerprint density at radius 2 is 1.52 bits per heavy atom. The Bertz CT molecular complexity index is 578. The van der Waals surface area contributed by atoms with Gasteiger partial charge in [0.1, 0.15) is 0 Å². The third-order valence-electron chi connectivity index (χ3n) is 3.65. The molecule has 0 fully saturated rings. The maximum Gasteiger partial charge on any atom is 0.0595 e. The largest absolute Gasteiger partial charge is 0.319 e. The van der Waals surface area contributed by atoms with Gasteiger partial charge in [0, 0.05) is 0 Å². The molecule has 112 valence electrons. The second-order valence-corrected chi connectivity index (χ2v) is 6.38. The van der Waals surface area contributed by atoms with Gasteiger partial charge < -0.3 is 5.32 Å². The lowest BCUT2D eigenvalue weighted by atomic mass is 9.92. The Hall–Kier alpha value is -1.02. The average Bonchev–Trinajstić information content (AvgIpc) is 2.46. The van der Waals surface area contributed by atoms with Crippen molar-refractivity contribution in [2.45, 2.75) is 19.8 Å². The van der Waals surface area contributed by atoms with Gasteiger partial charge in [0.15, 0.2) is 0 Å². The lowest BCUT2D eigenvalue weighted by Gasteiger charge is -2.17. The molecule has 1 N–H and O–H groups in total. The molecule has 2 aromatic rings. The summed E-state index contributed by atoms with van der Waals surface area (Å²) in [6.45, 7) is 3.10. The highest BCUT2D eigenvalue weighted by atomic mass is 35.5. The Kier molecular flexibility index (Phi) is 6.10. The van der Waals surface area contributed by atoms with Gasteiger partial charge in [-0.25, -0.2) is 0 Å². The molecular formula is C18H21Cl2N. The van der Waals surface area contributed by atoms with Crippen LogP contribution in [0.5, 0.6) is 0 Å². The summed E-state index contributed by atoms with van der Waals surface area (Å²) in [6, 6.07) is 14.7. The van der Waals surface area contributed by atoms with Crippen molar-refractivity contribution < 1.29 is 0 Å². The Morgan fingerprint density at radius 3 is 2.14 bits per heavy atom. The quantitative estimate of drug-likeness (QED) is 0.796. The SMILES string of the molecule is CNCC(Cc1ccc(C)cc1)Cc1ccc(Cl)c(Cl)c1. The summed E-state index contributed by atoms with van der Waals surface area (Å²) in [5.74, 6) is 0.537. The highest BCUT2D eigenvalue weighted by Crippen LogP contribution is 2.24. The van der Waals surface area contributed by atoms with Gasteiger partial charge in [0.2, 0.25) is 0 Å². The summed E-state index contributed by atoms with van der Waals surface area (Å²) in [7, 11) is 2.00. The average molecular weight is 322 g/mol. The molecule has 0 saturated carbocycles. The van der Waals surface area contributed by atoms with Crippen LogP contribution >= 0.6 is 23.2 Å². The molecule has 21 heavy (non-hydrogen) atoms. The van der Waals surface area contributed by atoms with Gasteiger partial charge in [-0.1, -0.05) is 59.1 Å². The third-order valence-corrected chi connectivity index (χ3v) is 4.39. The molecule has 1 atom stereocenters. The minimum Gasteiger partial charge on any atom is -0.319 e. The van der Waals surface area contributed by atoms with E-state index in [4.69, 9.17) is 23.2 Å². The second-order valence-electron chi connectivity index (χ2n) is 5.57. The predicted octanol–water partition coefficient (Wildman–Crippen LogP) is 4.92. The summed E-state index contributed by atoms with van der Waals surface area (Å²) < 4.78 is 0. The molecule has 1 nitrogen and oxygen atoms in total. The van der Waals surface area contributed by atoms with Crippen LogP contribution in [0.2, 0.25) is 10.0 Å². The van der Waals surface area contributed by atoms with Crippen molar-refractivity contribution in [2.24, 2.45) is 5.92 Å². The molecule has 0 aliphatic rings. The van der Waals surface area contributed by atoms with Crippen molar-refractivity contribution in [3.63, 3.8) is 0 Å². The minimum absolute atomic E-state index is 0.537. The first-order valence-electron chi connectivity index (χ1n) is 7.22. The molecule has 0 radical (unpaired) electrons. The fourth-order valence-electron chi connectivity index (χ4n) is 2.56. The Balaban J connectivity index is 2.07. The number of aryl methyl sites for hydroxylation is 1. The molecule has 0 amide bonds. The lowest BCUT2D eigenvalue weighted by Crippen LogP contribution is -2.22. The zero-order valence-corrected chi connectivity index (χ0v) is 14.0. The van der Waals surface area contributed by atoms with Gasteiger partial charge in [0.25, 0.3) is 0 Å². The molecule has 0 aliphatic heterocycles. The van der Waals surface area contributed by atoms with Crippen molar-refractivity contribution >= 4 is 23.2 Å². The first-order valence-corrected chi connectivity index (χ1v) is 7.98. The van der Waals surface area contributed by atoms with Crippen LogP contribution in [-0.2, 0) is 12.8 Å². The van der Waals surface area contributed by atoms with E-state index in [2.05, 4.69) is 42.6 Å². The van der Waals surface area contributed by atoms with E-state index in [0.29, 0.717) is 16.0 Å². The summed E-state index contributed by atoms with van der Waals surface area (Å²) in [5, 5.41) is 4.53. The molecule has 2 rings (SSSR count). The van der Waals surface area contributed by atoms with Crippen molar-refractivity contribution in [1.29, 1.82) is 0 Å². The van der Waals surface area contributed by atoms with E-state index in [9.17, 15) is 0 Å². The Morgan fingerprint density at radius 1 is 0.905 bits per heavy atom. The number of hydrogen-bond acceptors (Lipinski definition) is 1. The summed E-state index contributed by atoms with van der Waals surface area (Å²) >= 11 is 12.1. The van der Waals surface area contributed by atoms with Gasteiger partial charge in [0.05, 0.1) is 10.0 Å². The highest BCUT2D eigenvalue weighted by molar-refractivity contribution is 6.42. The van der Waals surface area contributed by atoms with Gasteiger partial charge in [-0.05, 0) is 62.5 Å². The van der Waals surface area contributed by atoms with Crippen LogP contribution in [0.25, 0.3) is 0 Å². The van der Waals surface area contributed by atoms with E-state index in [1.807, 2.05) is 19.2 Å². The topological polar surface area (TPSA) is 12.0 Å². The van der Waals surface area contributed by atoms with Crippen molar-refractivity contribution in [1.82, 2.24) is 5.32 Å². The zero-order chi connectivity index (χ0) is 15.2. The first kappa shape index (κ1) is 16.4. The standard InChI is InChI=1S/C18H21Cl2N/c1-13-3-5-14(6-4-13)9-16(12-21-2)10-15-7-8-17(19)18(20)11-15/h3-8,11,16,21H,9-10,12H2,1-2H3. The third kappa shape index (κ3) is 5.03. The maximum atomic E-state index is 6.10. The summed E-state index contributed by atoms with van der Waals surface area (Å²) in [4.78, 5) is 0. The number of nitrogens with one attached hydrogen (secondary N) is 1. The minimum atomic E-state index is 0.537. The van der Waals surface area contributed by atoms with Crippen LogP contribution in [-0.4, -0.2) is 13.6 Å². The molecular weight excluding hydrogens is 301 g/mol. The molecule has 0 bridgehead atoms. The summed E-state index contributed by atoms with van der Waals surface area (Å²) in [6.07, 6.45) is 2.05. The first-order chi connectivity index (χ1) is 10.1. The van der Waals surface area contributed by atoms with E-state index in [1.54, 1.807) is 0 Å². The smallest absolute Gasteiger partial charge is 0.0595 e. The highest BCUT2D eigenvalue weighted by Gasteiger charge is 2.11. The number of benzene rings is 2. The predicted molar refractivity (Wildman–Crippen MR) is 92.5 cm³/mol. The molecule has 0 heterocycles. The maximum absolute atomic E-state index is 6.10. The zero-order valence-electron chi connectivity index (χ0n) is 12.5. The van der Waals surface area contributed by atoms with E-state index >= 15 is 0 Å². The molecule has 0 aromatic heterocycles. The van der Waals surface area contributed by atoms with Gasteiger partial charge in [-0.3, -0.25) is 0 Å². The van der Waals surface area contributed by atoms with Crippen LogP contribution < -0.4 is 5.32 Å². The van der Waals surface area contributed by atoms with Gasteiger partial charge in [-0.15, -0.1) is 0 Å². The fourth-order valence-corrected chi connectivity index (χ4v) is 2.88. The number of hydrogen-bond donors (Lipinski definition) is 1. The van der Waals surface area contributed by atoms with Crippen LogP contribution in [0.15, 0.2) is 42.5 Å². The van der Waals surface area contributed by atoms with Gasteiger partial charge in [-0.2, -0.15) is 0 Å². The molecule has 0 spiro atoms. The van der Waals surface area contributed by atoms with E-state index < -0.39 is 0 Å². The molecule has 3 heteroatoms. The van der Waals surface area contributed by atoms with Crippen molar-refractivity contribution in [3.8, 4) is 0 Å². The normalized spacial score (nSPS) is 12.4. The molecule has 0 saturated heterocycles. The van der Waals surface area contributed by atoms with Crippen molar-refractivity contribution in [2.75, 3.05) is 13.6 Å². The van der Waals surface area contributed by atoms with E-state index in [-0.39, 0.29) is 0 Å². The van der Waals surface area contributed by atoms with E-state index in [1.165, 1.54) is 16.7 Å². The molecule has 2 aromatic carbocycles. The molecule has 0 aliphatic carbocycles. The molecule has 1 unspecified atom stereocenters. The monoisotopic (exact) mass is 321 g/mol. The van der Waals surface area contributed by atoms with Crippen LogP contribution in [0.3, 0.4) is 0 Å². The fraction of sp³-hybridized carbons (Fsp3) is 0.333. The lowest BCUT2D eigenvalue weighted by molar-refractivity contribution is 0.493. The van der Waals surface area contributed by atoms with E-state index in [0.717, 1.165) is 19.4 Å². The summed E-state index contributed by atoms with van der Waals surface area (Å²) in [5.41, 5.74) is 3.91. The Labute approximate surface area is 137 Å². The number of halogens is 2. The van der Waals surface area contributed by atoms with Crippen LogP contribution in [0, 0.1) is 12.8 Å². The van der Waals surface area contributed by atoms with Crippen LogP contribution in [0.1, 0.15) is 16.7 Å². The number of rotatable bonds is 6. The second kappa shape index (κ2) is 7.84. The van der Waals surface area contributed by atoms with Gasteiger partial charge >= 0.3 is 0 Å².